The summed E-state index contributed by atoms with van der Waals surface area (Å²) in [7, 11) is 3.01. The van der Waals surface area contributed by atoms with Gasteiger partial charge in [-0.3, -0.25) is 14.8 Å². The lowest BCUT2D eigenvalue weighted by Gasteiger charge is -2.20. The molecule has 5 N–H and O–H groups in total. The maximum absolute atomic E-state index is 12.2. The van der Waals surface area contributed by atoms with Gasteiger partial charge in [0.25, 0.3) is 5.56 Å². The zero-order valence-corrected chi connectivity index (χ0v) is 13.2. The molecule has 4 atom stereocenters. The standard InChI is InChI=1S/C14H19N5O5/c1-16-3-6-4-19(11-8(6)12(22)18-14(15)17-11)13-10(23-2)9(21)7(5-20)24-13/h3-4,7,9-10,13,20-21H,5H2,1-2H3,(H3,15,17,18,22)/t7-,9?,10?,13-/m1/s1. The third-order valence-electron chi connectivity index (χ3n) is 4.04. The van der Waals surface area contributed by atoms with Gasteiger partial charge in [-0.15, -0.1) is 0 Å². The number of aliphatic hydroxyl groups excluding tert-OH is 2. The molecular weight excluding hydrogens is 318 g/mol. The number of nitrogen functional groups attached to an aromatic ring is 1. The van der Waals surface area contributed by atoms with Crippen molar-refractivity contribution in [2.45, 2.75) is 24.5 Å². The van der Waals surface area contributed by atoms with Gasteiger partial charge in [0.15, 0.2) is 11.9 Å². The summed E-state index contributed by atoms with van der Waals surface area (Å²) >= 11 is 0. The van der Waals surface area contributed by atoms with Crippen LogP contribution in [0, 0.1) is 0 Å². The molecule has 0 bridgehead atoms. The van der Waals surface area contributed by atoms with Gasteiger partial charge in [0, 0.05) is 32.1 Å². The van der Waals surface area contributed by atoms with Crippen molar-refractivity contribution in [2.24, 2.45) is 4.99 Å². The lowest BCUT2D eigenvalue weighted by atomic mass is 10.1. The number of hydrogen-bond donors (Lipinski definition) is 4. The van der Waals surface area contributed by atoms with Gasteiger partial charge < -0.3 is 30.0 Å². The van der Waals surface area contributed by atoms with Crippen molar-refractivity contribution < 1.29 is 19.7 Å². The number of aromatic amines is 1. The van der Waals surface area contributed by atoms with E-state index in [1.807, 2.05) is 0 Å². The molecule has 1 aliphatic rings. The average molecular weight is 337 g/mol. The van der Waals surface area contributed by atoms with E-state index in [0.29, 0.717) is 10.9 Å². The van der Waals surface area contributed by atoms with Gasteiger partial charge in [-0.05, 0) is 0 Å². The number of hydrogen-bond acceptors (Lipinski definition) is 8. The molecule has 2 aromatic heterocycles. The summed E-state index contributed by atoms with van der Waals surface area (Å²) in [6, 6.07) is 0. The van der Waals surface area contributed by atoms with Gasteiger partial charge in [-0.25, -0.2) is 0 Å². The van der Waals surface area contributed by atoms with Crippen LogP contribution < -0.4 is 11.3 Å². The van der Waals surface area contributed by atoms with Crippen molar-refractivity contribution in [3.8, 4) is 0 Å². The quantitative estimate of drug-likeness (QED) is 0.503. The maximum atomic E-state index is 12.2. The minimum Gasteiger partial charge on any atom is -0.394 e. The van der Waals surface area contributed by atoms with Crippen molar-refractivity contribution in [1.82, 2.24) is 14.5 Å². The van der Waals surface area contributed by atoms with Crippen LogP contribution >= 0.6 is 0 Å². The first-order chi connectivity index (χ1) is 11.5. The molecule has 0 radical (unpaired) electrons. The number of ether oxygens (including phenoxy) is 2. The van der Waals surface area contributed by atoms with Gasteiger partial charge in [0.1, 0.15) is 18.3 Å². The number of nitrogens with one attached hydrogen (secondary N) is 1. The Kier molecular flexibility index (Phi) is 4.37. The van der Waals surface area contributed by atoms with Crippen molar-refractivity contribution in [1.29, 1.82) is 0 Å². The van der Waals surface area contributed by atoms with Crippen molar-refractivity contribution in [2.75, 3.05) is 26.5 Å². The Morgan fingerprint density at radius 2 is 2.38 bits per heavy atom. The van der Waals surface area contributed by atoms with E-state index in [0.717, 1.165) is 0 Å². The minimum atomic E-state index is -1.02. The lowest BCUT2D eigenvalue weighted by molar-refractivity contribution is -0.0580. The number of nitrogens with zero attached hydrogens (tertiary/aromatic N) is 3. The molecule has 130 valence electrons. The monoisotopic (exact) mass is 337 g/mol. The van der Waals surface area contributed by atoms with Crippen LogP contribution in [-0.2, 0) is 9.47 Å². The van der Waals surface area contributed by atoms with Crippen LogP contribution in [0.2, 0.25) is 0 Å². The number of nitrogens with two attached hydrogens (primary N) is 1. The Morgan fingerprint density at radius 3 is 3.00 bits per heavy atom. The zero-order chi connectivity index (χ0) is 17.4. The molecule has 10 nitrogen and oxygen atoms in total. The van der Waals surface area contributed by atoms with Crippen molar-refractivity contribution in [3.63, 3.8) is 0 Å². The van der Waals surface area contributed by atoms with E-state index in [1.54, 1.807) is 17.8 Å². The molecule has 3 heterocycles. The van der Waals surface area contributed by atoms with Crippen molar-refractivity contribution >= 4 is 23.2 Å². The maximum Gasteiger partial charge on any atom is 0.262 e. The van der Waals surface area contributed by atoms with Gasteiger partial charge >= 0.3 is 0 Å². The first-order valence-electron chi connectivity index (χ1n) is 7.31. The number of anilines is 1. The topological polar surface area (TPSA) is 148 Å². The predicted octanol–water partition coefficient (Wildman–Crippen LogP) is -1.38. The highest BCUT2D eigenvalue weighted by atomic mass is 16.6. The summed E-state index contributed by atoms with van der Waals surface area (Å²) in [6.07, 6.45) is -0.209. The molecule has 1 saturated heterocycles. The summed E-state index contributed by atoms with van der Waals surface area (Å²) < 4.78 is 12.6. The second kappa shape index (κ2) is 6.32. The SMILES string of the molecule is CN=Cc1cn([C@@H]2O[C@H](CO)C(O)C2OC)c2nc(N)[nH]c(=O)c12. The van der Waals surface area contributed by atoms with E-state index in [9.17, 15) is 15.0 Å². The molecule has 2 unspecified atom stereocenters. The Balaban J connectivity index is 2.21. The predicted molar refractivity (Wildman–Crippen MR) is 86.1 cm³/mol. The molecule has 10 heteroatoms. The molecule has 1 aliphatic heterocycles. The van der Waals surface area contributed by atoms with Crippen LogP contribution in [0.4, 0.5) is 5.95 Å². The number of fused-ring (bicyclic) bond motifs is 1. The summed E-state index contributed by atoms with van der Waals surface area (Å²) in [5, 5.41) is 19.9. The van der Waals surface area contributed by atoms with Crippen LogP contribution in [0.15, 0.2) is 16.0 Å². The first kappa shape index (κ1) is 16.6. The van der Waals surface area contributed by atoms with E-state index < -0.39 is 30.1 Å². The molecule has 3 rings (SSSR count). The van der Waals surface area contributed by atoms with E-state index in [2.05, 4.69) is 15.0 Å². The fraction of sp³-hybridized carbons (Fsp3) is 0.500. The molecule has 0 aromatic carbocycles. The minimum absolute atomic E-state index is 0.0435. The van der Waals surface area contributed by atoms with E-state index in [-0.39, 0.29) is 18.2 Å². The number of aliphatic imine (C=N–C) groups is 1. The van der Waals surface area contributed by atoms with Crippen LogP contribution in [0.3, 0.4) is 0 Å². The number of methoxy groups -OCH3 is 1. The summed E-state index contributed by atoms with van der Waals surface area (Å²) in [6.45, 7) is -0.365. The Labute approximate surface area is 136 Å². The summed E-state index contributed by atoms with van der Waals surface area (Å²) in [5.74, 6) is -0.0435. The molecular formula is C14H19N5O5. The molecule has 0 saturated carbocycles. The highest BCUT2D eigenvalue weighted by Gasteiger charge is 2.45. The number of aromatic nitrogens is 3. The molecule has 0 spiro atoms. The second-order valence-electron chi connectivity index (χ2n) is 5.47. The van der Waals surface area contributed by atoms with E-state index in [4.69, 9.17) is 15.2 Å². The highest BCUT2D eigenvalue weighted by molar-refractivity contribution is 5.97. The molecule has 2 aromatic rings. The summed E-state index contributed by atoms with van der Waals surface area (Å²) in [5.41, 5.74) is 6.05. The van der Waals surface area contributed by atoms with Crippen molar-refractivity contribution in [3.05, 3.63) is 22.1 Å². The lowest BCUT2D eigenvalue weighted by Crippen LogP contribution is -2.34. The van der Waals surface area contributed by atoms with Gasteiger partial charge in [-0.2, -0.15) is 4.98 Å². The Bertz CT molecular complexity index is 829. The van der Waals surface area contributed by atoms with Gasteiger partial charge in [0.05, 0.1) is 12.0 Å². The smallest absolute Gasteiger partial charge is 0.262 e. The fourth-order valence-corrected chi connectivity index (χ4v) is 2.98. The normalized spacial score (nSPS) is 27.5. The molecule has 0 aliphatic carbocycles. The Morgan fingerprint density at radius 1 is 1.62 bits per heavy atom. The average Bonchev–Trinajstić information content (AvgIpc) is 3.05. The first-order valence-corrected chi connectivity index (χ1v) is 7.31. The second-order valence-corrected chi connectivity index (χ2v) is 5.47. The fourth-order valence-electron chi connectivity index (χ4n) is 2.98. The van der Waals surface area contributed by atoms with E-state index in [1.165, 1.54) is 13.3 Å². The number of aliphatic hydroxyl groups is 2. The molecule has 1 fully saturated rings. The summed E-state index contributed by atoms with van der Waals surface area (Å²) in [4.78, 5) is 22.8. The zero-order valence-electron chi connectivity index (χ0n) is 13.2. The van der Waals surface area contributed by atoms with Gasteiger partial charge in [0.2, 0.25) is 5.95 Å². The number of H-pyrrole nitrogens is 1. The molecule has 24 heavy (non-hydrogen) atoms. The third kappa shape index (κ3) is 2.49. The largest absolute Gasteiger partial charge is 0.394 e. The third-order valence-corrected chi connectivity index (χ3v) is 4.04. The van der Waals surface area contributed by atoms with Crippen LogP contribution in [0.5, 0.6) is 0 Å². The van der Waals surface area contributed by atoms with Crippen LogP contribution in [0.25, 0.3) is 11.0 Å². The molecule has 0 amide bonds. The van der Waals surface area contributed by atoms with E-state index >= 15 is 0 Å². The van der Waals surface area contributed by atoms with Crippen LogP contribution in [-0.4, -0.2) is 70.0 Å². The number of rotatable bonds is 4. The van der Waals surface area contributed by atoms with Gasteiger partial charge in [-0.1, -0.05) is 0 Å². The Hall–Kier alpha value is -2.27. The highest BCUT2D eigenvalue weighted by Crippen LogP contribution is 2.34. The van der Waals surface area contributed by atoms with Crippen LogP contribution in [0.1, 0.15) is 11.8 Å².